The molecule has 1 N–H and O–H groups in total. The molecule has 1 fully saturated rings. The zero-order chi connectivity index (χ0) is 14.8. The lowest BCUT2D eigenvalue weighted by Gasteiger charge is -2.21. The van der Waals surface area contributed by atoms with E-state index in [4.69, 9.17) is 0 Å². The van der Waals surface area contributed by atoms with Crippen LogP contribution in [0, 0.1) is 19.8 Å². The van der Waals surface area contributed by atoms with Gasteiger partial charge in [0.15, 0.2) is 0 Å². The van der Waals surface area contributed by atoms with Gasteiger partial charge < -0.3 is 5.32 Å². The molecule has 1 aromatic rings. The molecule has 1 aliphatic rings. The molecule has 1 heterocycles. The Bertz CT molecular complexity index is 594. The van der Waals surface area contributed by atoms with Crippen LogP contribution in [0.1, 0.15) is 30.4 Å². The van der Waals surface area contributed by atoms with Crippen LogP contribution in [0.5, 0.6) is 0 Å². The van der Waals surface area contributed by atoms with Crippen LogP contribution in [-0.4, -0.2) is 25.8 Å². The largest absolute Gasteiger partial charge is 0.326 e. The summed E-state index contributed by atoms with van der Waals surface area (Å²) >= 11 is 0. The molecule has 0 unspecified atom stereocenters. The van der Waals surface area contributed by atoms with Crippen LogP contribution < -0.4 is 5.32 Å². The van der Waals surface area contributed by atoms with Crippen LogP contribution in [0.4, 0.5) is 5.69 Å². The molecular weight excluding hydrogens is 274 g/mol. The average Bonchev–Trinajstić information content (AvgIpc) is 2.36. The Hall–Kier alpha value is -1.36. The number of hydrogen-bond acceptors (Lipinski definition) is 3. The van der Waals surface area contributed by atoms with E-state index >= 15 is 0 Å². The molecule has 2 rings (SSSR count). The van der Waals surface area contributed by atoms with Crippen molar-refractivity contribution in [1.82, 2.24) is 0 Å². The van der Waals surface area contributed by atoms with E-state index in [9.17, 15) is 13.2 Å². The van der Waals surface area contributed by atoms with Crippen LogP contribution >= 0.6 is 0 Å². The number of rotatable bonds is 3. The Labute approximate surface area is 120 Å². The van der Waals surface area contributed by atoms with E-state index in [1.54, 1.807) is 0 Å². The Morgan fingerprint density at radius 2 is 1.90 bits per heavy atom. The van der Waals surface area contributed by atoms with Gasteiger partial charge in [0.05, 0.1) is 11.5 Å². The minimum absolute atomic E-state index is 0.0250. The second-order valence-electron chi connectivity index (χ2n) is 5.67. The fourth-order valence-corrected chi connectivity index (χ4v) is 4.07. The van der Waals surface area contributed by atoms with Crippen molar-refractivity contribution >= 4 is 21.4 Å². The van der Waals surface area contributed by atoms with Gasteiger partial charge in [0.1, 0.15) is 9.84 Å². The highest BCUT2D eigenvalue weighted by Gasteiger charge is 2.25. The summed E-state index contributed by atoms with van der Waals surface area (Å²) in [5.41, 5.74) is 2.99. The maximum absolute atomic E-state index is 12.0. The fourth-order valence-electron chi connectivity index (χ4n) is 2.48. The van der Waals surface area contributed by atoms with Crippen LogP contribution in [0.2, 0.25) is 0 Å². The first-order valence-corrected chi connectivity index (χ1v) is 8.75. The quantitative estimate of drug-likeness (QED) is 0.931. The molecule has 0 atom stereocenters. The molecule has 5 heteroatoms. The number of carbonyl (C=O) groups excluding carboxylic acids is 1. The van der Waals surface area contributed by atoms with E-state index in [1.165, 1.54) is 0 Å². The van der Waals surface area contributed by atoms with Gasteiger partial charge in [0.25, 0.3) is 0 Å². The van der Waals surface area contributed by atoms with Gasteiger partial charge in [-0.25, -0.2) is 8.42 Å². The number of sulfone groups is 1. The second kappa shape index (κ2) is 5.95. The molecule has 0 spiro atoms. The third kappa shape index (κ3) is 4.07. The zero-order valence-corrected chi connectivity index (χ0v) is 12.8. The molecule has 4 nitrogen and oxygen atoms in total. The predicted octanol–water partition coefficient (Wildman–Crippen LogP) is 2.46. The fraction of sp³-hybridized carbons (Fsp3) is 0.533. The van der Waals surface area contributed by atoms with E-state index < -0.39 is 9.84 Å². The molecule has 1 amide bonds. The molecule has 0 radical (unpaired) electrons. The smallest absolute Gasteiger partial charge is 0.224 e. The van der Waals surface area contributed by atoms with Crippen LogP contribution in [0.3, 0.4) is 0 Å². The number of amides is 1. The van der Waals surface area contributed by atoms with Gasteiger partial charge in [-0.05, 0) is 49.8 Å². The molecule has 0 aromatic heterocycles. The molecule has 0 aliphatic carbocycles. The minimum atomic E-state index is -2.85. The monoisotopic (exact) mass is 295 g/mol. The highest BCUT2D eigenvalue weighted by atomic mass is 32.2. The second-order valence-corrected chi connectivity index (χ2v) is 7.97. The van der Waals surface area contributed by atoms with E-state index in [2.05, 4.69) is 5.32 Å². The van der Waals surface area contributed by atoms with Crippen molar-refractivity contribution in [3.05, 3.63) is 29.3 Å². The molecule has 1 saturated heterocycles. The molecule has 110 valence electrons. The van der Waals surface area contributed by atoms with E-state index in [0.29, 0.717) is 19.3 Å². The molecule has 0 saturated carbocycles. The summed E-state index contributed by atoms with van der Waals surface area (Å²) in [4.78, 5) is 12.0. The van der Waals surface area contributed by atoms with E-state index in [0.717, 1.165) is 16.8 Å². The predicted molar refractivity (Wildman–Crippen MR) is 80.5 cm³/mol. The zero-order valence-electron chi connectivity index (χ0n) is 12.0. The van der Waals surface area contributed by atoms with Gasteiger partial charge >= 0.3 is 0 Å². The summed E-state index contributed by atoms with van der Waals surface area (Å²) in [6.45, 7) is 3.95. The number of aryl methyl sites for hydroxylation is 2. The number of nitrogens with one attached hydrogen (secondary N) is 1. The first-order chi connectivity index (χ1) is 9.35. The third-order valence-electron chi connectivity index (χ3n) is 3.82. The van der Waals surface area contributed by atoms with Crippen molar-refractivity contribution in [2.45, 2.75) is 33.1 Å². The Balaban J connectivity index is 1.91. The standard InChI is InChI=1S/C15H21NO3S/c1-11-3-4-12(2)14(9-11)16-15(17)10-13-5-7-20(18,19)8-6-13/h3-4,9,13H,5-8,10H2,1-2H3,(H,16,17). The lowest BCUT2D eigenvalue weighted by Crippen LogP contribution is -2.26. The van der Waals surface area contributed by atoms with Gasteiger partial charge in [-0.15, -0.1) is 0 Å². The van der Waals surface area contributed by atoms with Crippen LogP contribution in [0.25, 0.3) is 0 Å². The maximum atomic E-state index is 12.0. The van der Waals surface area contributed by atoms with Gasteiger partial charge in [0.2, 0.25) is 5.91 Å². The van der Waals surface area contributed by atoms with Gasteiger partial charge in [-0.3, -0.25) is 4.79 Å². The van der Waals surface area contributed by atoms with Gasteiger partial charge in [-0.1, -0.05) is 12.1 Å². The number of hydrogen-bond donors (Lipinski definition) is 1. The van der Waals surface area contributed by atoms with Crippen molar-refractivity contribution < 1.29 is 13.2 Å². The Kier molecular flexibility index (Phi) is 4.48. The van der Waals surface area contributed by atoms with E-state index in [1.807, 2.05) is 32.0 Å². The summed E-state index contributed by atoms with van der Waals surface area (Å²) in [7, 11) is -2.85. The number of benzene rings is 1. The van der Waals surface area contributed by atoms with Crippen molar-refractivity contribution in [3.63, 3.8) is 0 Å². The topological polar surface area (TPSA) is 63.2 Å². The number of anilines is 1. The summed E-state index contributed by atoms with van der Waals surface area (Å²) in [6, 6.07) is 5.95. The molecule has 1 aliphatic heterocycles. The summed E-state index contributed by atoms with van der Waals surface area (Å²) in [5, 5.41) is 2.93. The number of carbonyl (C=O) groups is 1. The SMILES string of the molecule is Cc1ccc(C)c(NC(=O)CC2CCS(=O)(=O)CC2)c1. The maximum Gasteiger partial charge on any atom is 0.224 e. The van der Waals surface area contributed by atoms with Crippen LogP contribution in [0.15, 0.2) is 18.2 Å². The minimum Gasteiger partial charge on any atom is -0.326 e. The van der Waals surface area contributed by atoms with Crippen molar-refractivity contribution in [2.75, 3.05) is 16.8 Å². The normalized spacial score (nSPS) is 18.7. The van der Waals surface area contributed by atoms with Crippen LogP contribution in [-0.2, 0) is 14.6 Å². The van der Waals surface area contributed by atoms with Gasteiger partial charge in [-0.2, -0.15) is 0 Å². The lowest BCUT2D eigenvalue weighted by molar-refractivity contribution is -0.117. The molecular formula is C15H21NO3S. The van der Waals surface area contributed by atoms with Crippen molar-refractivity contribution in [3.8, 4) is 0 Å². The molecule has 0 bridgehead atoms. The van der Waals surface area contributed by atoms with Gasteiger partial charge in [0, 0.05) is 12.1 Å². The van der Waals surface area contributed by atoms with Crippen molar-refractivity contribution in [2.24, 2.45) is 5.92 Å². The molecule has 20 heavy (non-hydrogen) atoms. The first kappa shape index (κ1) is 15.0. The molecule has 1 aromatic carbocycles. The van der Waals surface area contributed by atoms with E-state index in [-0.39, 0.29) is 23.3 Å². The highest BCUT2D eigenvalue weighted by molar-refractivity contribution is 7.91. The Morgan fingerprint density at radius 3 is 2.55 bits per heavy atom. The summed E-state index contributed by atoms with van der Waals surface area (Å²) in [5.74, 6) is 0.592. The third-order valence-corrected chi connectivity index (χ3v) is 5.53. The van der Waals surface area contributed by atoms with Crippen molar-refractivity contribution in [1.29, 1.82) is 0 Å². The highest BCUT2D eigenvalue weighted by Crippen LogP contribution is 2.23. The average molecular weight is 295 g/mol. The first-order valence-electron chi connectivity index (χ1n) is 6.93. The lowest BCUT2D eigenvalue weighted by atomic mass is 9.98. The summed E-state index contributed by atoms with van der Waals surface area (Å²) < 4.78 is 22.7. The summed E-state index contributed by atoms with van der Waals surface area (Å²) in [6.07, 6.45) is 1.61. The Morgan fingerprint density at radius 1 is 1.25 bits per heavy atom.